The molecule has 3 aromatic carbocycles. The van der Waals surface area contributed by atoms with E-state index in [2.05, 4.69) is 16.9 Å². The van der Waals surface area contributed by atoms with Crippen LogP contribution in [-0.2, 0) is 16.1 Å². The van der Waals surface area contributed by atoms with Gasteiger partial charge in [0.2, 0.25) is 4.80 Å². The molecule has 0 spiro atoms. The van der Waals surface area contributed by atoms with Gasteiger partial charge in [0, 0.05) is 10.9 Å². The van der Waals surface area contributed by atoms with E-state index < -0.39 is 0 Å². The Morgan fingerprint density at radius 1 is 1.15 bits per heavy atom. The molecule has 2 heterocycles. The van der Waals surface area contributed by atoms with Crippen LogP contribution in [0, 0.1) is 0 Å². The number of hydrogen-bond acceptors (Lipinski definition) is 8. The van der Waals surface area contributed by atoms with E-state index in [9.17, 15) is 9.59 Å². The molecule has 5 rings (SSSR count). The van der Waals surface area contributed by atoms with Crippen LogP contribution in [0.25, 0.3) is 11.3 Å². The molecular formula is C31H28N4O5S. The highest BCUT2D eigenvalue weighted by atomic mass is 32.1. The summed E-state index contributed by atoms with van der Waals surface area (Å²) in [6, 6.07) is 20.3. The third-order valence-corrected chi connectivity index (χ3v) is 6.91. The lowest BCUT2D eigenvalue weighted by Gasteiger charge is -2.18. The quantitative estimate of drug-likeness (QED) is 0.168. The molecule has 1 aromatic heterocycles. The van der Waals surface area contributed by atoms with Crippen molar-refractivity contribution >= 4 is 35.1 Å². The van der Waals surface area contributed by atoms with E-state index >= 15 is 0 Å². The highest BCUT2D eigenvalue weighted by molar-refractivity contribution is 7.07. The van der Waals surface area contributed by atoms with Crippen LogP contribution in [0.3, 0.4) is 0 Å². The van der Waals surface area contributed by atoms with Crippen molar-refractivity contribution in [3.8, 4) is 22.8 Å². The number of ether oxygens (including phenoxy) is 3. The number of carbonyl (C=O) groups is 2. The standard InChI is InChI=1S/C31H28N4O5S/c1-20(2)15-32-31-35(27(19-41-31)24-10-13-28-26(14-24)34-29(36)18-40-28)33-16-21-6-11-25(12-7-21)39-17-22-4-8-23(9-5-22)30(37)38-3/h4-14,16,19H,1,15,17-18H2,2-3H3,(H,34,36). The second kappa shape index (κ2) is 12.5. The SMILES string of the molecule is C=C(C)CN=c1scc(-c2ccc3c(c2)NC(=O)CO3)n1N=Cc1ccc(OCc2ccc(C(=O)OC)cc2)cc1. The van der Waals surface area contributed by atoms with Crippen molar-refractivity contribution in [2.45, 2.75) is 13.5 Å². The molecule has 1 aliphatic heterocycles. The molecule has 0 atom stereocenters. The van der Waals surface area contributed by atoms with Gasteiger partial charge in [-0.05, 0) is 72.6 Å². The third kappa shape index (κ3) is 6.79. The maximum atomic E-state index is 11.8. The summed E-state index contributed by atoms with van der Waals surface area (Å²) in [5.41, 5.74) is 5.56. The van der Waals surface area contributed by atoms with Crippen molar-refractivity contribution in [2.24, 2.45) is 10.1 Å². The first-order valence-corrected chi connectivity index (χ1v) is 13.6. The molecule has 9 nitrogen and oxygen atoms in total. The number of benzene rings is 3. The zero-order chi connectivity index (χ0) is 28.8. The number of aromatic nitrogens is 1. The molecule has 41 heavy (non-hydrogen) atoms. The lowest BCUT2D eigenvalue weighted by molar-refractivity contribution is -0.118. The molecule has 0 saturated carbocycles. The van der Waals surface area contributed by atoms with E-state index in [4.69, 9.17) is 19.3 Å². The van der Waals surface area contributed by atoms with Crippen molar-refractivity contribution in [1.29, 1.82) is 0 Å². The van der Waals surface area contributed by atoms with E-state index in [-0.39, 0.29) is 18.5 Å². The van der Waals surface area contributed by atoms with Crippen LogP contribution in [0.1, 0.15) is 28.4 Å². The zero-order valence-electron chi connectivity index (χ0n) is 22.6. The van der Waals surface area contributed by atoms with Crippen LogP contribution < -0.4 is 19.6 Å². The van der Waals surface area contributed by atoms with Crippen LogP contribution in [-0.4, -0.2) is 43.0 Å². The Labute approximate surface area is 241 Å². The molecule has 0 aliphatic carbocycles. The van der Waals surface area contributed by atoms with Gasteiger partial charge in [0.05, 0.1) is 36.8 Å². The Morgan fingerprint density at radius 2 is 1.93 bits per heavy atom. The molecular weight excluding hydrogens is 540 g/mol. The lowest BCUT2D eigenvalue weighted by atomic mass is 10.1. The molecule has 1 amide bonds. The summed E-state index contributed by atoms with van der Waals surface area (Å²) in [5.74, 6) is 0.779. The van der Waals surface area contributed by atoms with Gasteiger partial charge in [-0.15, -0.1) is 11.3 Å². The van der Waals surface area contributed by atoms with Crippen LogP contribution in [0.15, 0.2) is 94.4 Å². The first kappa shape index (κ1) is 27.6. The third-order valence-electron chi connectivity index (χ3n) is 6.06. The molecule has 1 N–H and O–H groups in total. The molecule has 0 saturated heterocycles. The topological polar surface area (TPSA) is 104 Å². The average Bonchev–Trinajstić information content (AvgIpc) is 3.40. The number of methoxy groups -OCH3 is 1. The van der Waals surface area contributed by atoms with Gasteiger partial charge in [-0.1, -0.05) is 24.3 Å². The number of hydrogen-bond donors (Lipinski definition) is 1. The van der Waals surface area contributed by atoms with Crippen LogP contribution in [0.4, 0.5) is 5.69 Å². The number of fused-ring (bicyclic) bond motifs is 1. The number of thiazole rings is 1. The fraction of sp³-hybridized carbons (Fsp3) is 0.161. The Hall–Kier alpha value is -4.96. The molecule has 1 aliphatic rings. The summed E-state index contributed by atoms with van der Waals surface area (Å²) >= 11 is 1.47. The van der Waals surface area contributed by atoms with Crippen molar-refractivity contribution in [2.75, 3.05) is 25.6 Å². The first-order valence-electron chi connectivity index (χ1n) is 12.8. The Bertz CT molecular complexity index is 1680. The van der Waals surface area contributed by atoms with E-state index in [1.54, 1.807) is 23.0 Å². The highest BCUT2D eigenvalue weighted by Gasteiger charge is 2.18. The van der Waals surface area contributed by atoms with E-state index in [0.717, 1.165) is 32.8 Å². The number of nitrogens with one attached hydrogen (secondary N) is 1. The molecule has 0 unspecified atom stereocenters. The van der Waals surface area contributed by atoms with E-state index in [1.807, 2.05) is 66.9 Å². The van der Waals surface area contributed by atoms with E-state index in [1.165, 1.54) is 18.4 Å². The predicted molar refractivity (Wildman–Crippen MR) is 159 cm³/mol. The van der Waals surface area contributed by atoms with Gasteiger partial charge in [-0.3, -0.25) is 9.79 Å². The normalized spacial score (nSPS) is 12.9. The van der Waals surface area contributed by atoms with Crippen molar-refractivity contribution < 1.29 is 23.8 Å². The smallest absolute Gasteiger partial charge is 0.337 e. The maximum Gasteiger partial charge on any atom is 0.337 e. The minimum Gasteiger partial charge on any atom is -0.489 e. The summed E-state index contributed by atoms with van der Waals surface area (Å²) < 4.78 is 17.9. The highest BCUT2D eigenvalue weighted by Crippen LogP contribution is 2.33. The van der Waals surface area contributed by atoms with Gasteiger partial charge in [-0.25, -0.2) is 9.47 Å². The fourth-order valence-corrected chi connectivity index (χ4v) is 4.80. The van der Waals surface area contributed by atoms with Crippen LogP contribution >= 0.6 is 11.3 Å². The van der Waals surface area contributed by atoms with Crippen molar-refractivity contribution in [3.63, 3.8) is 0 Å². The first-order chi connectivity index (χ1) is 19.9. The summed E-state index contributed by atoms with van der Waals surface area (Å²) in [6.45, 7) is 6.74. The Morgan fingerprint density at radius 3 is 2.66 bits per heavy atom. The summed E-state index contributed by atoms with van der Waals surface area (Å²) in [4.78, 5) is 28.8. The average molecular weight is 569 g/mol. The van der Waals surface area contributed by atoms with Gasteiger partial charge >= 0.3 is 5.97 Å². The maximum absolute atomic E-state index is 11.8. The molecule has 0 radical (unpaired) electrons. The number of rotatable bonds is 9. The second-order valence-corrected chi connectivity index (χ2v) is 10.2. The van der Waals surface area contributed by atoms with Gasteiger partial charge in [0.15, 0.2) is 6.61 Å². The number of amides is 1. The monoisotopic (exact) mass is 568 g/mol. The number of carbonyl (C=O) groups excluding carboxylic acids is 2. The number of anilines is 1. The van der Waals surface area contributed by atoms with Crippen molar-refractivity contribution in [1.82, 2.24) is 4.68 Å². The minimum atomic E-state index is -0.371. The Balaban J connectivity index is 1.34. The van der Waals surface area contributed by atoms with Crippen LogP contribution in [0.5, 0.6) is 11.5 Å². The minimum absolute atomic E-state index is 0.00694. The van der Waals surface area contributed by atoms with Gasteiger partial charge < -0.3 is 19.5 Å². The predicted octanol–water partition coefficient (Wildman–Crippen LogP) is 5.27. The van der Waals surface area contributed by atoms with Crippen LogP contribution in [0.2, 0.25) is 0 Å². The fourth-order valence-electron chi connectivity index (χ4n) is 3.96. The largest absolute Gasteiger partial charge is 0.489 e. The molecule has 10 heteroatoms. The lowest BCUT2D eigenvalue weighted by Crippen LogP contribution is -2.25. The van der Waals surface area contributed by atoms with Gasteiger partial charge in [0.1, 0.15) is 18.1 Å². The molecule has 0 bridgehead atoms. The molecule has 0 fully saturated rings. The van der Waals surface area contributed by atoms with Gasteiger partial charge in [0.25, 0.3) is 5.91 Å². The number of esters is 1. The van der Waals surface area contributed by atoms with Gasteiger partial charge in [-0.2, -0.15) is 5.10 Å². The summed E-state index contributed by atoms with van der Waals surface area (Å²) in [5, 5.41) is 9.59. The molecule has 4 aromatic rings. The second-order valence-electron chi connectivity index (χ2n) is 9.33. The summed E-state index contributed by atoms with van der Waals surface area (Å²) in [7, 11) is 1.36. The number of nitrogens with zero attached hydrogens (tertiary/aromatic N) is 3. The van der Waals surface area contributed by atoms with E-state index in [0.29, 0.717) is 35.9 Å². The summed E-state index contributed by atoms with van der Waals surface area (Å²) in [6.07, 6.45) is 1.76. The Kier molecular flexibility index (Phi) is 8.40. The van der Waals surface area contributed by atoms with Crippen molar-refractivity contribution in [3.05, 3.63) is 106 Å². The molecule has 208 valence electrons. The zero-order valence-corrected chi connectivity index (χ0v) is 23.4.